The molecule has 0 radical (unpaired) electrons. The Labute approximate surface area is 213 Å². The first-order chi connectivity index (χ1) is 18.0. The van der Waals surface area contributed by atoms with Gasteiger partial charge in [0, 0.05) is 28.4 Å². The van der Waals surface area contributed by atoms with Crippen LogP contribution in [0.25, 0.3) is 0 Å². The molecule has 3 heterocycles. The molecule has 2 saturated heterocycles. The third kappa shape index (κ3) is 2.45. The van der Waals surface area contributed by atoms with E-state index in [1.807, 2.05) is 29.2 Å². The van der Waals surface area contributed by atoms with Crippen LogP contribution in [0.4, 0.5) is 5.69 Å². The maximum Gasteiger partial charge on any atom is 0.237 e. The zero-order chi connectivity index (χ0) is 25.5. The fraction of sp³-hybridized carbons (Fsp3) is 0.267. The van der Waals surface area contributed by atoms with E-state index in [4.69, 9.17) is 4.74 Å². The summed E-state index contributed by atoms with van der Waals surface area (Å²) in [6.07, 6.45) is 1.33. The summed E-state index contributed by atoms with van der Waals surface area (Å²) in [5, 5.41) is 2.99. The number of hydrogen-bond donors (Lipinski definition) is 1. The Kier molecular flexibility index (Phi) is 4.46. The highest BCUT2D eigenvalue weighted by Gasteiger charge is 2.80. The summed E-state index contributed by atoms with van der Waals surface area (Å²) in [4.78, 5) is 59.5. The van der Waals surface area contributed by atoms with Gasteiger partial charge in [-0.1, -0.05) is 42.5 Å². The summed E-state index contributed by atoms with van der Waals surface area (Å²) in [6, 6.07) is 20.3. The number of methoxy groups -OCH3 is 1. The van der Waals surface area contributed by atoms with E-state index in [-0.39, 0.29) is 17.5 Å². The van der Waals surface area contributed by atoms with Crippen molar-refractivity contribution in [2.45, 2.75) is 29.8 Å². The summed E-state index contributed by atoms with van der Waals surface area (Å²) < 4.78 is 5.27. The van der Waals surface area contributed by atoms with Gasteiger partial charge in [-0.15, -0.1) is 0 Å². The average Bonchev–Trinajstić information content (AvgIpc) is 3.64. The fourth-order valence-corrected chi connectivity index (χ4v) is 7.50. The van der Waals surface area contributed by atoms with Gasteiger partial charge in [0.05, 0.1) is 13.0 Å². The van der Waals surface area contributed by atoms with Crippen LogP contribution in [-0.2, 0) is 10.2 Å². The lowest BCUT2D eigenvalue weighted by Crippen LogP contribution is -2.60. The van der Waals surface area contributed by atoms with Crippen LogP contribution >= 0.6 is 0 Å². The Morgan fingerprint density at radius 2 is 1.57 bits per heavy atom. The molecule has 3 aromatic carbocycles. The van der Waals surface area contributed by atoms with Gasteiger partial charge in [0.15, 0.2) is 22.9 Å². The number of nitrogens with zero attached hydrogens (tertiary/aromatic N) is 1. The number of hydrogen-bond acceptors (Lipinski definition) is 6. The first-order valence-corrected chi connectivity index (χ1v) is 12.5. The molecule has 3 aromatic rings. The second kappa shape index (κ2) is 7.46. The number of ether oxygens (including phenoxy) is 1. The van der Waals surface area contributed by atoms with Gasteiger partial charge in [-0.2, -0.15) is 0 Å². The molecule has 0 saturated carbocycles. The van der Waals surface area contributed by atoms with Gasteiger partial charge >= 0.3 is 0 Å². The number of para-hydroxylation sites is 1. The lowest BCUT2D eigenvalue weighted by atomic mass is 9.60. The Balaban J connectivity index is 1.55. The van der Waals surface area contributed by atoms with Crippen molar-refractivity contribution in [3.05, 3.63) is 95.1 Å². The number of carbonyl (C=O) groups excluding carboxylic acids is 4. The molecular weight excluding hydrogens is 468 g/mol. The molecule has 0 bridgehead atoms. The van der Waals surface area contributed by atoms with E-state index in [0.717, 1.165) is 6.42 Å². The topological polar surface area (TPSA) is 92.8 Å². The maximum absolute atomic E-state index is 14.6. The molecule has 7 rings (SSSR count). The second-order valence-electron chi connectivity index (χ2n) is 10.2. The lowest BCUT2D eigenvalue weighted by molar-refractivity contribution is -0.122. The quantitative estimate of drug-likeness (QED) is 0.443. The van der Waals surface area contributed by atoms with Gasteiger partial charge in [-0.25, -0.2) is 0 Å². The van der Waals surface area contributed by atoms with Gasteiger partial charge in [-0.05, 0) is 55.3 Å². The van der Waals surface area contributed by atoms with Crippen molar-refractivity contribution in [3.8, 4) is 5.75 Å². The molecule has 0 aromatic heterocycles. The lowest BCUT2D eigenvalue weighted by Gasteiger charge is -2.37. The molecule has 7 nitrogen and oxygen atoms in total. The van der Waals surface area contributed by atoms with E-state index in [1.54, 1.807) is 55.6 Å². The summed E-state index contributed by atoms with van der Waals surface area (Å²) in [5.41, 5.74) is -0.895. The number of fused-ring (bicyclic) bond motifs is 6. The second-order valence-corrected chi connectivity index (χ2v) is 10.2. The highest BCUT2D eigenvalue weighted by molar-refractivity contribution is 6.36. The third-order valence-electron chi connectivity index (χ3n) is 8.85. The smallest absolute Gasteiger partial charge is 0.237 e. The van der Waals surface area contributed by atoms with Crippen LogP contribution in [0, 0.1) is 5.92 Å². The van der Waals surface area contributed by atoms with Crippen LogP contribution in [-0.4, -0.2) is 53.4 Å². The first-order valence-electron chi connectivity index (χ1n) is 12.5. The van der Waals surface area contributed by atoms with Crippen LogP contribution in [0.2, 0.25) is 0 Å². The van der Waals surface area contributed by atoms with Crippen molar-refractivity contribution < 1.29 is 23.9 Å². The Morgan fingerprint density at radius 1 is 0.919 bits per heavy atom. The van der Waals surface area contributed by atoms with Crippen molar-refractivity contribution >= 4 is 28.9 Å². The normalized spacial score (nSPS) is 26.9. The first kappa shape index (κ1) is 22.1. The van der Waals surface area contributed by atoms with Crippen molar-refractivity contribution in [2.24, 2.45) is 5.92 Å². The summed E-state index contributed by atoms with van der Waals surface area (Å²) >= 11 is 0. The predicted octanol–water partition coefficient (Wildman–Crippen LogP) is 3.68. The molecular formula is C30H24N2O5. The molecule has 1 N–H and O–H groups in total. The van der Waals surface area contributed by atoms with Crippen LogP contribution in [0.3, 0.4) is 0 Å². The summed E-state index contributed by atoms with van der Waals surface area (Å²) in [7, 11) is 1.54. The summed E-state index contributed by atoms with van der Waals surface area (Å²) in [5.74, 6) is -2.14. The number of rotatable bonds is 3. The average molecular weight is 493 g/mol. The van der Waals surface area contributed by atoms with Crippen molar-refractivity contribution in [3.63, 3.8) is 0 Å². The molecule has 3 aliphatic heterocycles. The van der Waals surface area contributed by atoms with Gasteiger partial charge in [0.2, 0.25) is 5.91 Å². The van der Waals surface area contributed by atoms with Crippen LogP contribution < -0.4 is 10.1 Å². The molecule has 184 valence electrons. The Bertz CT molecular complexity index is 1490. The standard InChI is InChI=1S/C30H24N2O5/c1-37-18-14-12-17(13-15-18)24(33)25-29(21-9-4-5-10-22(21)31-28(29)36)23-11-6-16-32(23)30(25)26(34)19-7-2-3-8-20(19)27(30)35/h2-5,7-10,12-15,23,25H,6,11,16H2,1H3,(H,31,36)/t23-,25-,29+/m0/s1. The number of nitrogens with one attached hydrogen (secondary N) is 1. The minimum absolute atomic E-state index is 0.314. The number of ketones is 3. The molecule has 4 aliphatic rings. The molecule has 7 heteroatoms. The van der Waals surface area contributed by atoms with E-state index in [1.165, 1.54) is 0 Å². The predicted molar refractivity (Wildman–Crippen MR) is 135 cm³/mol. The van der Waals surface area contributed by atoms with E-state index >= 15 is 0 Å². The van der Waals surface area contributed by atoms with Gasteiger partial charge < -0.3 is 10.1 Å². The van der Waals surface area contributed by atoms with Crippen molar-refractivity contribution in [1.82, 2.24) is 4.90 Å². The van der Waals surface area contributed by atoms with Crippen molar-refractivity contribution in [1.29, 1.82) is 0 Å². The molecule has 2 spiro atoms. The number of amides is 1. The largest absolute Gasteiger partial charge is 0.497 e. The van der Waals surface area contributed by atoms with Gasteiger partial charge in [0.1, 0.15) is 11.2 Å². The Hall–Kier alpha value is -4.10. The summed E-state index contributed by atoms with van der Waals surface area (Å²) in [6.45, 7) is 0.458. The van der Waals surface area contributed by atoms with E-state index < -0.39 is 28.7 Å². The van der Waals surface area contributed by atoms with Crippen molar-refractivity contribution in [2.75, 3.05) is 19.0 Å². The highest BCUT2D eigenvalue weighted by Crippen LogP contribution is 2.63. The van der Waals surface area contributed by atoms with Gasteiger partial charge in [-0.3, -0.25) is 24.1 Å². The molecule has 3 atom stereocenters. The van der Waals surface area contributed by atoms with Crippen LogP contribution in [0.5, 0.6) is 5.75 Å². The fourth-order valence-electron chi connectivity index (χ4n) is 7.50. The molecule has 1 amide bonds. The SMILES string of the molecule is COc1ccc(C(=O)[C@@H]2C3(C(=O)c4ccccc4C3=O)N3CCC[C@H]3[C@@]23C(=O)Nc2ccccc23)cc1. The zero-order valence-corrected chi connectivity index (χ0v) is 20.2. The molecule has 1 aliphatic carbocycles. The minimum atomic E-state index is -1.78. The van der Waals surface area contributed by atoms with Crippen LogP contribution in [0.15, 0.2) is 72.8 Å². The number of benzene rings is 3. The molecule has 0 unspecified atom stereocenters. The van der Waals surface area contributed by atoms with E-state index in [2.05, 4.69) is 5.32 Å². The van der Waals surface area contributed by atoms with Crippen LogP contribution in [0.1, 0.15) is 49.5 Å². The number of carbonyl (C=O) groups is 4. The van der Waals surface area contributed by atoms with E-state index in [0.29, 0.717) is 46.7 Å². The highest BCUT2D eigenvalue weighted by atomic mass is 16.5. The molecule has 2 fully saturated rings. The minimum Gasteiger partial charge on any atom is -0.497 e. The number of Topliss-reactive ketones (excluding diaryl/α,β-unsaturated/α-hetero) is 3. The monoisotopic (exact) mass is 492 g/mol. The maximum atomic E-state index is 14.6. The molecule has 37 heavy (non-hydrogen) atoms. The third-order valence-corrected chi connectivity index (χ3v) is 8.85. The zero-order valence-electron chi connectivity index (χ0n) is 20.2. The Morgan fingerprint density at radius 3 is 2.24 bits per heavy atom. The van der Waals surface area contributed by atoms with Gasteiger partial charge in [0.25, 0.3) is 0 Å². The van der Waals surface area contributed by atoms with E-state index in [9.17, 15) is 19.2 Å². The number of anilines is 1.